The molecule has 2 heterocycles. The van der Waals surface area contributed by atoms with Crippen LogP contribution in [0.4, 0.5) is 0 Å². The summed E-state index contributed by atoms with van der Waals surface area (Å²) in [7, 11) is 0. The Labute approximate surface area is 159 Å². The summed E-state index contributed by atoms with van der Waals surface area (Å²) < 4.78 is 0.705. The van der Waals surface area contributed by atoms with E-state index in [1.165, 1.54) is 0 Å². The van der Waals surface area contributed by atoms with Gasteiger partial charge in [0.2, 0.25) is 0 Å². The summed E-state index contributed by atoms with van der Waals surface area (Å²) in [6.45, 7) is 0. The Morgan fingerprint density at radius 2 is 1.46 bits per heavy atom. The fourth-order valence-corrected chi connectivity index (χ4v) is 5.68. The van der Waals surface area contributed by atoms with Gasteiger partial charge in [-0.2, -0.15) is 0 Å². The third-order valence-corrected chi connectivity index (χ3v) is 6.82. The number of fused-ring (bicyclic) bond motifs is 1. The molecule has 1 amide bonds. The molecule has 0 bridgehead atoms. The second kappa shape index (κ2) is 6.25. The first kappa shape index (κ1) is 16.2. The van der Waals surface area contributed by atoms with Crippen molar-refractivity contribution in [2.45, 2.75) is 0 Å². The summed E-state index contributed by atoms with van der Waals surface area (Å²) in [6, 6.07) is 17.9. The summed E-state index contributed by atoms with van der Waals surface area (Å²) in [4.78, 5) is 25.3. The van der Waals surface area contributed by atoms with Gasteiger partial charge in [0.05, 0.1) is 0 Å². The van der Waals surface area contributed by atoms with E-state index in [-0.39, 0.29) is 9.70 Å². The molecule has 124 valence electrons. The predicted octanol–water partition coefficient (Wildman–Crippen LogP) is -0.689. The van der Waals surface area contributed by atoms with Crippen molar-refractivity contribution in [2.75, 3.05) is 0 Å². The van der Waals surface area contributed by atoms with Gasteiger partial charge in [0, 0.05) is 0 Å². The summed E-state index contributed by atoms with van der Waals surface area (Å²) in [6.07, 6.45) is 0. The van der Waals surface area contributed by atoms with Crippen LogP contribution in [0.25, 0.3) is 9.28 Å². The second-order valence-corrected chi connectivity index (χ2v) is 8.24. The van der Waals surface area contributed by atoms with Crippen LogP contribution in [0.15, 0.2) is 59.7 Å². The van der Waals surface area contributed by atoms with Crippen molar-refractivity contribution in [1.82, 2.24) is 5.32 Å². The molecule has 1 N–H and O–H groups in total. The van der Waals surface area contributed by atoms with Gasteiger partial charge < -0.3 is 0 Å². The number of halogens is 1. The predicted molar refractivity (Wildman–Crippen MR) is 89.3 cm³/mol. The first-order chi connectivity index (χ1) is 12.6. The number of rotatable bonds is 2. The molecule has 26 heavy (non-hydrogen) atoms. The average Bonchev–Trinajstić information content (AvgIpc) is 3.20. The van der Waals surface area contributed by atoms with E-state index in [4.69, 9.17) is 10.5 Å². The van der Waals surface area contributed by atoms with Crippen LogP contribution in [0.2, 0.25) is 0 Å². The van der Waals surface area contributed by atoms with Crippen LogP contribution < -0.4 is 26.5 Å². The monoisotopic (exact) mass is 450 g/mol. The van der Waals surface area contributed by atoms with E-state index in [0.29, 0.717) is 33.5 Å². The van der Waals surface area contributed by atoms with Gasteiger partial charge in [0.25, 0.3) is 0 Å². The Balaban J connectivity index is 1.91. The molecule has 2 aromatic rings. The van der Waals surface area contributed by atoms with E-state index in [1.807, 2.05) is 6.07 Å². The Bertz CT molecular complexity index is 1050. The molecule has 6 heteroatoms. The van der Waals surface area contributed by atoms with E-state index >= 15 is 0 Å². The minimum absolute atomic E-state index is 0.0353. The van der Waals surface area contributed by atoms with Crippen LogP contribution in [-0.4, -0.2) is 9.70 Å². The summed E-state index contributed by atoms with van der Waals surface area (Å²) in [5.41, 5.74) is 3.64. The van der Waals surface area contributed by atoms with Gasteiger partial charge in [-0.3, -0.25) is 0 Å². The molecule has 0 aliphatic carbocycles. The van der Waals surface area contributed by atoms with Gasteiger partial charge in [0.15, 0.2) is 0 Å². The maximum absolute atomic E-state index is 12.7. The molecule has 0 spiro atoms. The molecular formula is C20H9IN3O2-. The number of nitrogens with zero attached hydrogens (tertiary/aromatic N) is 2. The molecule has 0 aromatic heterocycles. The van der Waals surface area contributed by atoms with Gasteiger partial charge in [-0.15, -0.1) is 0 Å². The SMILES string of the molecule is N#Cc1cccc(C2=C3C(=O)[I-]C(c4cccc(C#N)c4)=C3C(=O)N2)c1. The van der Waals surface area contributed by atoms with Gasteiger partial charge in [0.1, 0.15) is 0 Å². The summed E-state index contributed by atoms with van der Waals surface area (Å²) in [5, 5.41) is 21.0. The van der Waals surface area contributed by atoms with Crippen LogP contribution >= 0.6 is 0 Å². The third kappa shape index (κ3) is 2.52. The molecule has 0 fully saturated rings. The van der Waals surface area contributed by atoms with Crippen molar-refractivity contribution in [2.24, 2.45) is 0 Å². The van der Waals surface area contributed by atoms with E-state index in [0.717, 1.165) is 9.14 Å². The van der Waals surface area contributed by atoms with Crippen LogP contribution in [-0.2, 0) is 9.59 Å². The van der Waals surface area contributed by atoms with Crippen molar-refractivity contribution < 1.29 is 30.8 Å². The standard InChI is InChI=1S/C20H9IN3O2/c22-9-11-3-1-5-13(7-11)17-15-16(19(25)21-17)18(24-20(15)26)14-6-2-4-12(8-14)10-23/h1-8H,(H,24,26)/q-1. The fourth-order valence-electron chi connectivity index (χ4n) is 2.95. The average molecular weight is 450 g/mol. The maximum atomic E-state index is 12.7. The number of hydrogen-bond donors (Lipinski definition) is 1. The quantitative estimate of drug-likeness (QED) is 0.485. The molecular weight excluding hydrogens is 441 g/mol. The van der Waals surface area contributed by atoms with Crippen molar-refractivity contribution in [1.29, 1.82) is 10.5 Å². The van der Waals surface area contributed by atoms with Crippen LogP contribution in [0.3, 0.4) is 0 Å². The molecule has 2 aliphatic rings. The Kier molecular flexibility index (Phi) is 3.90. The van der Waals surface area contributed by atoms with Crippen LogP contribution in [0, 0.1) is 22.7 Å². The number of carbonyl (C=O) groups is 2. The molecule has 0 saturated heterocycles. The van der Waals surface area contributed by atoms with Crippen molar-refractivity contribution in [3.05, 3.63) is 81.9 Å². The first-order valence-corrected chi connectivity index (χ1v) is 9.78. The molecule has 2 aromatic carbocycles. The topological polar surface area (TPSA) is 93.8 Å². The second-order valence-electron chi connectivity index (χ2n) is 5.65. The Hall–Kier alpha value is -3.23. The molecule has 4 rings (SSSR count). The van der Waals surface area contributed by atoms with E-state index in [9.17, 15) is 9.59 Å². The van der Waals surface area contributed by atoms with Gasteiger partial charge in [-0.1, -0.05) is 0 Å². The van der Waals surface area contributed by atoms with Crippen LogP contribution in [0.5, 0.6) is 0 Å². The number of nitrogens with one attached hydrogen (secondary N) is 1. The molecule has 0 atom stereocenters. The van der Waals surface area contributed by atoms with E-state index < -0.39 is 21.2 Å². The number of carbonyl (C=O) groups excluding carboxylic acids is 2. The minimum atomic E-state index is -1.03. The number of amides is 1. The number of hydrogen-bond acceptors (Lipinski definition) is 4. The number of benzene rings is 2. The molecule has 0 saturated carbocycles. The Morgan fingerprint density at radius 3 is 2.12 bits per heavy atom. The normalized spacial score (nSPS) is 15.9. The van der Waals surface area contributed by atoms with Crippen molar-refractivity contribution in [3.63, 3.8) is 0 Å². The first-order valence-electron chi connectivity index (χ1n) is 7.63. The number of nitriles is 2. The van der Waals surface area contributed by atoms with E-state index in [1.54, 1.807) is 42.5 Å². The summed E-state index contributed by atoms with van der Waals surface area (Å²) in [5.74, 6) is -0.305. The fraction of sp³-hybridized carbons (Fsp3) is 0. The molecule has 5 nitrogen and oxygen atoms in total. The van der Waals surface area contributed by atoms with Crippen molar-refractivity contribution >= 4 is 19.0 Å². The summed E-state index contributed by atoms with van der Waals surface area (Å²) >= 11 is -1.03. The van der Waals surface area contributed by atoms with Crippen LogP contribution in [0.1, 0.15) is 22.3 Å². The van der Waals surface area contributed by atoms with Crippen molar-refractivity contribution in [3.8, 4) is 12.1 Å². The zero-order chi connectivity index (χ0) is 18.3. The van der Waals surface area contributed by atoms with Gasteiger partial charge in [-0.25, -0.2) is 0 Å². The zero-order valence-corrected chi connectivity index (χ0v) is 15.4. The molecule has 2 aliphatic heterocycles. The molecule has 0 radical (unpaired) electrons. The van der Waals surface area contributed by atoms with Gasteiger partial charge in [-0.05, 0) is 0 Å². The third-order valence-electron chi connectivity index (χ3n) is 4.09. The van der Waals surface area contributed by atoms with Gasteiger partial charge >= 0.3 is 160 Å². The Morgan fingerprint density at radius 1 is 0.846 bits per heavy atom. The molecule has 0 unspecified atom stereocenters. The van der Waals surface area contributed by atoms with E-state index in [2.05, 4.69) is 17.5 Å². The zero-order valence-electron chi connectivity index (χ0n) is 13.2.